The van der Waals surface area contributed by atoms with Crippen molar-refractivity contribution in [1.29, 1.82) is 0 Å². The molecule has 0 amide bonds. The minimum absolute atomic E-state index is 0.164. The molecule has 0 saturated heterocycles. The van der Waals surface area contributed by atoms with E-state index in [0.717, 1.165) is 9.88 Å². The van der Waals surface area contributed by atoms with Crippen LogP contribution in [0.15, 0.2) is 11.2 Å². The van der Waals surface area contributed by atoms with Crippen molar-refractivity contribution in [2.45, 2.75) is 26.4 Å². The standard InChI is InChI=1S/C10H18N4OS/c1-7(6-15-3)14-10(11)13-5-9-4-12-8(2)16-9/h4,7H,5-6H2,1-3H3,(H3,11,13,14). The number of hydrogen-bond donors (Lipinski definition) is 2. The van der Waals surface area contributed by atoms with E-state index in [1.807, 2.05) is 20.0 Å². The molecule has 1 aromatic rings. The van der Waals surface area contributed by atoms with Gasteiger partial charge in [-0.05, 0) is 13.8 Å². The summed E-state index contributed by atoms with van der Waals surface area (Å²) in [5, 5.41) is 4.09. The summed E-state index contributed by atoms with van der Waals surface area (Å²) in [6.45, 7) is 5.14. The average Bonchev–Trinajstić information content (AvgIpc) is 2.61. The van der Waals surface area contributed by atoms with Crippen molar-refractivity contribution in [2.75, 3.05) is 13.7 Å². The monoisotopic (exact) mass is 242 g/mol. The van der Waals surface area contributed by atoms with E-state index < -0.39 is 0 Å². The normalized spacial score (nSPS) is 13.8. The van der Waals surface area contributed by atoms with Crippen molar-refractivity contribution in [2.24, 2.45) is 10.7 Å². The van der Waals surface area contributed by atoms with E-state index in [2.05, 4.69) is 15.3 Å². The number of nitrogens with one attached hydrogen (secondary N) is 1. The maximum absolute atomic E-state index is 5.73. The van der Waals surface area contributed by atoms with Gasteiger partial charge in [0.05, 0.1) is 18.2 Å². The molecule has 6 heteroatoms. The fourth-order valence-corrected chi connectivity index (χ4v) is 1.95. The first kappa shape index (κ1) is 12.9. The second-order valence-corrected chi connectivity index (χ2v) is 4.87. The molecule has 1 unspecified atom stereocenters. The largest absolute Gasteiger partial charge is 0.383 e. The Bertz CT molecular complexity index is 350. The SMILES string of the molecule is COCC(C)NC(N)=NCc1cnc(C)s1. The van der Waals surface area contributed by atoms with E-state index in [0.29, 0.717) is 19.1 Å². The van der Waals surface area contributed by atoms with Gasteiger partial charge in [0.1, 0.15) is 0 Å². The van der Waals surface area contributed by atoms with Gasteiger partial charge in [0.25, 0.3) is 0 Å². The lowest BCUT2D eigenvalue weighted by atomic mass is 10.4. The summed E-state index contributed by atoms with van der Waals surface area (Å²) < 4.78 is 4.99. The van der Waals surface area contributed by atoms with E-state index in [1.54, 1.807) is 18.4 Å². The minimum atomic E-state index is 0.164. The zero-order chi connectivity index (χ0) is 12.0. The first-order valence-electron chi connectivity index (χ1n) is 5.08. The van der Waals surface area contributed by atoms with Gasteiger partial charge in [-0.3, -0.25) is 0 Å². The Morgan fingerprint density at radius 1 is 1.75 bits per heavy atom. The highest BCUT2D eigenvalue weighted by atomic mass is 32.1. The highest BCUT2D eigenvalue weighted by Gasteiger charge is 2.02. The van der Waals surface area contributed by atoms with Gasteiger partial charge in [-0.25, -0.2) is 9.98 Å². The molecule has 0 bridgehead atoms. The molecule has 0 radical (unpaired) electrons. The third-order valence-corrected chi connectivity index (χ3v) is 2.78. The molecule has 1 atom stereocenters. The molecule has 16 heavy (non-hydrogen) atoms. The van der Waals surface area contributed by atoms with E-state index in [-0.39, 0.29) is 6.04 Å². The molecular weight excluding hydrogens is 224 g/mol. The number of aromatic nitrogens is 1. The van der Waals surface area contributed by atoms with Gasteiger partial charge in [-0.1, -0.05) is 0 Å². The second-order valence-electron chi connectivity index (χ2n) is 3.55. The van der Waals surface area contributed by atoms with Gasteiger partial charge in [-0.15, -0.1) is 11.3 Å². The van der Waals surface area contributed by atoms with Crippen LogP contribution in [0.25, 0.3) is 0 Å². The number of thiazole rings is 1. The summed E-state index contributed by atoms with van der Waals surface area (Å²) in [5.74, 6) is 0.440. The Kier molecular flexibility index (Phi) is 5.21. The molecule has 5 nitrogen and oxygen atoms in total. The maximum Gasteiger partial charge on any atom is 0.189 e. The Balaban J connectivity index is 2.39. The number of ether oxygens (including phenoxy) is 1. The Hall–Kier alpha value is -1.14. The number of aliphatic imine (C=N–C) groups is 1. The number of rotatable bonds is 5. The predicted octanol–water partition coefficient (Wildman–Crippen LogP) is 0.891. The van der Waals surface area contributed by atoms with Crippen molar-refractivity contribution in [3.05, 3.63) is 16.1 Å². The lowest BCUT2D eigenvalue weighted by molar-refractivity contribution is 0.179. The molecule has 0 spiro atoms. The molecule has 3 N–H and O–H groups in total. The number of nitrogens with zero attached hydrogens (tertiary/aromatic N) is 2. The third-order valence-electron chi connectivity index (χ3n) is 1.89. The molecule has 1 aromatic heterocycles. The van der Waals surface area contributed by atoms with Gasteiger partial charge >= 0.3 is 0 Å². The van der Waals surface area contributed by atoms with E-state index in [4.69, 9.17) is 10.5 Å². The summed E-state index contributed by atoms with van der Waals surface area (Å²) in [6, 6.07) is 0.164. The van der Waals surface area contributed by atoms with E-state index >= 15 is 0 Å². The van der Waals surface area contributed by atoms with Crippen molar-refractivity contribution in [3.8, 4) is 0 Å². The van der Waals surface area contributed by atoms with Gasteiger partial charge in [-0.2, -0.15) is 0 Å². The summed E-state index contributed by atoms with van der Waals surface area (Å²) in [6.07, 6.45) is 1.83. The first-order chi connectivity index (χ1) is 7.61. The number of hydrogen-bond acceptors (Lipinski definition) is 4. The fraction of sp³-hybridized carbons (Fsp3) is 0.600. The molecule has 0 aliphatic heterocycles. The number of nitrogens with two attached hydrogens (primary N) is 1. The van der Waals surface area contributed by atoms with Crippen LogP contribution in [0.1, 0.15) is 16.8 Å². The quantitative estimate of drug-likeness (QED) is 0.594. The van der Waals surface area contributed by atoms with Crippen LogP contribution >= 0.6 is 11.3 Å². The van der Waals surface area contributed by atoms with Crippen molar-refractivity contribution < 1.29 is 4.74 Å². The smallest absolute Gasteiger partial charge is 0.189 e. The maximum atomic E-state index is 5.73. The van der Waals surface area contributed by atoms with Crippen molar-refractivity contribution in [3.63, 3.8) is 0 Å². The molecule has 0 aromatic carbocycles. The molecule has 0 aliphatic carbocycles. The van der Waals surface area contributed by atoms with Crippen molar-refractivity contribution >= 4 is 17.3 Å². The molecule has 1 rings (SSSR count). The predicted molar refractivity (Wildman–Crippen MR) is 66.7 cm³/mol. The molecule has 0 saturated carbocycles. The Labute approximate surface area is 99.7 Å². The second kappa shape index (κ2) is 6.44. The van der Waals surface area contributed by atoms with Crippen LogP contribution in [-0.2, 0) is 11.3 Å². The van der Waals surface area contributed by atoms with Gasteiger partial charge in [0, 0.05) is 24.2 Å². The van der Waals surface area contributed by atoms with Crippen LogP contribution in [-0.4, -0.2) is 30.7 Å². The van der Waals surface area contributed by atoms with E-state index in [1.165, 1.54) is 0 Å². The van der Waals surface area contributed by atoms with Gasteiger partial charge in [0.2, 0.25) is 0 Å². The summed E-state index contributed by atoms with van der Waals surface area (Å²) in [4.78, 5) is 9.49. The number of guanidine groups is 1. The van der Waals surface area contributed by atoms with Crippen LogP contribution in [0.2, 0.25) is 0 Å². The zero-order valence-electron chi connectivity index (χ0n) is 9.86. The van der Waals surface area contributed by atoms with Crippen LogP contribution in [0.3, 0.4) is 0 Å². The lowest BCUT2D eigenvalue weighted by Gasteiger charge is -2.12. The molecular formula is C10H18N4OS. The first-order valence-corrected chi connectivity index (χ1v) is 5.90. The molecule has 1 heterocycles. The fourth-order valence-electron chi connectivity index (χ4n) is 1.23. The molecule has 90 valence electrons. The van der Waals surface area contributed by atoms with Crippen LogP contribution < -0.4 is 11.1 Å². The van der Waals surface area contributed by atoms with E-state index in [9.17, 15) is 0 Å². The Morgan fingerprint density at radius 2 is 2.50 bits per heavy atom. The highest BCUT2D eigenvalue weighted by molar-refractivity contribution is 7.11. The molecule has 0 aliphatic rings. The summed E-state index contributed by atoms with van der Waals surface area (Å²) in [5.41, 5.74) is 5.73. The topological polar surface area (TPSA) is 72.5 Å². The molecule has 0 fully saturated rings. The minimum Gasteiger partial charge on any atom is -0.383 e. The van der Waals surface area contributed by atoms with Crippen LogP contribution in [0.5, 0.6) is 0 Å². The summed E-state index contributed by atoms with van der Waals surface area (Å²) in [7, 11) is 1.66. The van der Waals surface area contributed by atoms with Crippen molar-refractivity contribution in [1.82, 2.24) is 10.3 Å². The zero-order valence-corrected chi connectivity index (χ0v) is 10.7. The number of aryl methyl sites for hydroxylation is 1. The Morgan fingerprint density at radius 3 is 3.06 bits per heavy atom. The van der Waals surface area contributed by atoms with Gasteiger partial charge in [0.15, 0.2) is 5.96 Å². The van der Waals surface area contributed by atoms with Crippen LogP contribution in [0, 0.1) is 6.92 Å². The van der Waals surface area contributed by atoms with Crippen LogP contribution in [0.4, 0.5) is 0 Å². The lowest BCUT2D eigenvalue weighted by Crippen LogP contribution is -2.40. The average molecular weight is 242 g/mol. The third kappa shape index (κ3) is 4.59. The summed E-state index contributed by atoms with van der Waals surface area (Å²) >= 11 is 1.63. The highest BCUT2D eigenvalue weighted by Crippen LogP contribution is 2.11. The number of methoxy groups -OCH3 is 1. The van der Waals surface area contributed by atoms with Gasteiger partial charge < -0.3 is 15.8 Å².